The van der Waals surface area contributed by atoms with Gasteiger partial charge >= 0.3 is 11.9 Å². The van der Waals surface area contributed by atoms with E-state index >= 15 is 0 Å². The minimum Gasteiger partial charge on any atom is -0.462 e. The Kier molecular flexibility index (Phi) is 6.96. The van der Waals surface area contributed by atoms with Gasteiger partial charge in [0, 0.05) is 6.07 Å². The zero-order valence-corrected chi connectivity index (χ0v) is 19.6. The van der Waals surface area contributed by atoms with E-state index in [9.17, 15) is 14.4 Å². The number of hydrogen-bond donors (Lipinski definition) is 0. The van der Waals surface area contributed by atoms with E-state index < -0.39 is 11.9 Å². The van der Waals surface area contributed by atoms with Gasteiger partial charge in [-0.05, 0) is 68.8 Å². The van der Waals surface area contributed by atoms with Gasteiger partial charge in [-0.3, -0.25) is 4.79 Å². The molecule has 0 radical (unpaired) electrons. The zero-order chi connectivity index (χ0) is 24.9. The van der Waals surface area contributed by atoms with Crippen molar-refractivity contribution >= 4 is 22.9 Å². The highest BCUT2D eigenvalue weighted by atomic mass is 16.5. The Morgan fingerprint density at radius 2 is 1.46 bits per heavy atom. The quantitative estimate of drug-likeness (QED) is 0.241. The summed E-state index contributed by atoms with van der Waals surface area (Å²) >= 11 is 0. The monoisotopic (exact) mass is 472 g/mol. The topological polar surface area (TPSA) is 92.0 Å². The molecule has 0 fully saturated rings. The third-order valence-electron chi connectivity index (χ3n) is 5.23. The van der Waals surface area contributed by atoms with E-state index in [0.29, 0.717) is 23.5 Å². The molecule has 0 unspecified atom stereocenters. The van der Waals surface area contributed by atoms with Crippen molar-refractivity contribution in [1.29, 1.82) is 0 Å². The maximum absolute atomic E-state index is 13.1. The molecule has 4 aromatic rings. The fraction of sp³-hybridized carbons (Fsp3) is 0.179. The molecule has 35 heavy (non-hydrogen) atoms. The van der Waals surface area contributed by atoms with Crippen molar-refractivity contribution in [3.05, 3.63) is 99.4 Å². The smallest absolute Gasteiger partial charge is 0.343 e. The predicted octanol–water partition coefficient (Wildman–Crippen LogP) is 5.99. The molecule has 0 saturated carbocycles. The molecule has 0 bridgehead atoms. The Hall–Kier alpha value is -4.39. The third-order valence-corrected chi connectivity index (χ3v) is 5.23. The van der Waals surface area contributed by atoms with Gasteiger partial charge in [0.25, 0.3) is 0 Å². The zero-order valence-electron chi connectivity index (χ0n) is 19.6. The number of hydrogen-bond acceptors (Lipinski definition) is 7. The summed E-state index contributed by atoms with van der Waals surface area (Å²) in [6.07, 6.45) is 0.737. The van der Waals surface area contributed by atoms with Crippen molar-refractivity contribution in [2.45, 2.75) is 27.2 Å². The molecule has 1 heterocycles. The van der Waals surface area contributed by atoms with Crippen molar-refractivity contribution in [2.24, 2.45) is 0 Å². The van der Waals surface area contributed by atoms with Crippen LogP contribution in [0.2, 0.25) is 0 Å². The largest absolute Gasteiger partial charge is 0.462 e. The number of aryl methyl sites for hydroxylation is 2. The second kappa shape index (κ2) is 10.3. The Morgan fingerprint density at radius 1 is 0.829 bits per heavy atom. The number of carbonyl (C=O) groups excluding carboxylic acids is 2. The molecule has 178 valence electrons. The van der Waals surface area contributed by atoms with E-state index in [4.69, 9.17) is 18.6 Å². The normalized spacial score (nSPS) is 10.7. The summed E-state index contributed by atoms with van der Waals surface area (Å²) in [7, 11) is 0. The number of fused-ring (bicyclic) bond motifs is 1. The standard InChI is InChI=1S/C28H24O7/c1-4-15-32-27(30)19-9-11-21(12-10-19)34-26-18(3)33-24-16-22(13-14-23(24)25(26)29)35-28(31)20-7-5-17(2)6-8-20/h5-14,16H,4,15H2,1-3H3. The van der Waals surface area contributed by atoms with E-state index in [1.165, 1.54) is 18.2 Å². The summed E-state index contributed by atoms with van der Waals surface area (Å²) in [4.78, 5) is 37.4. The minimum atomic E-state index is -0.509. The number of carbonyl (C=O) groups is 2. The summed E-state index contributed by atoms with van der Waals surface area (Å²) < 4.78 is 22.1. The molecule has 0 saturated heterocycles. The first-order valence-corrected chi connectivity index (χ1v) is 11.2. The summed E-state index contributed by atoms with van der Waals surface area (Å²) in [5.74, 6) is -0.0106. The summed E-state index contributed by atoms with van der Waals surface area (Å²) in [5.41, 5.74) is 1.74. The third kappa shape index (κ3) is 5.41. The first-order valence-electron chi connectivity index (χ1n) is 11.2. The van der Waals surface area contributed by atoms with Crippen LogP contribution in [0.15, 0.2) is 75.9 Å². The van der Waals surface area contributed by atoms with Gasteiger partial charge in [-0.1, -0.05) is 24.6 Å². The Bertz CT molecular complexity index is 1430. The molecule has 7 nitrogen and oxygen atoms in total. The van der Waals surface area contributed by atoms with Crippen LogP contribution in [0.1, 0.15) is 45.4 Å². The fourth-order valence-electron chi connectivity index (χ4n) is 3.36. The van der Waals surface area contributed by atoms with Crippen LogP contribution in [-0.2, 0) is 4.74 Å². The number of esters is 2. The maximum Gasteiger partial charge on any atom is 0.343 e. The molecule has 0 aliphatic heterocycles. The van der Waals surface area contributed by atoms with Crippen molar-refractivity contribution in [3.8, 4) is 17.2 Å². The highest BCUT2D eigenvalue weighted by Gasteiger charge is 2.16. The van der Waals surface area contributed by atoms with Gasteiger partial charge in [0.05, 0.1) is 23.1 Å². The molecule has 3 aromatic carbocycles. The molecule has 4 rings (SSSR count). The van der Waals surface area contributed by atoms with Gasteiger partial charge in [0.1, 0.15) is 22.8 Å². The van der Waals surface area contributed by atoms with Crippen LogP contribution in [-0.4, -0.2) is 18.5 Å². The number of benzene rings is 3. The first kappa shape index (κ1) is 23.8. The molecule has 0 spiro atoms. The second-order valence-corrected chi connectivity index (χ2v) is 7.99. The van der Waals surface area contributed by atoms with Gasteiger partial charge in [0.15, 0.2) is 0 Å². The minimum absolute atomic E-state index is 0.0307. The van der Waals surface area contributed by atoms with Crippen LogP contribution in [0.4, 0.5) is 0 Å². The van der Waals surface area contributed by atoms with Crippen LogP contribution < -0.4 is 14.9 Å². The van der Waals surface area contributed by atoms with E-state index in [-0.39, 0.29) is 33.7 Å². The van der Waals surface area contributed by atoms with Crippen molar-refractivity contribution < 1.29 is 28.2 Å². The predicted molar refractivity (Wildman–Crippen MR) is 130 cm³/mol. The van der Waals surface area contributed by atoms with Crippen LogP contribution in [0.5, 0.6) is 17.2 Å². The lowest BCUT2D eigenvalue weighted by atomic mass is 10.1. The molecule has 0 atom stereocenters. The lowest BCUT2D eigenvalue weighted by Gasteiger charge is -2.10. The average molecular weight is 472 g/mol. The molecule has 0 N–H and O–H groups in total. The maximum atomic E-state index is 13.1. The van der Waals surface area contributed by atoms with Crippen LogP contribution >= 0.6 is 0 Å². The Labute approximate surface area is 201 Å². The van der Waals surface area contributed by atoms with Crippen LogP contribution in [0.3, 0.4) is 0 Å². The molecular weight excluding hydrogens is 448 g/mol. The van der Waals surface area contributed by atoms with Gasteiger partial charge in [-0.25, -0.2) is 9.59 Å². The Morgan fingerprint density at radius 3 is 2.14 bits per heavy atom. The fourth-order valence-corrected chi connectivity index (χ4v) is 3.36. The molecular formula is C28H24O7. The summed E-state index contributed by atoms with van der Waals surface area (Å²) in [6, 6.07) is 17.9. The van der Waals surface area contributed by atoms with Gasteiger partial charge in [-0.2, -0.15) is 0 Å². The second-order valence-electron chi connectivity index (χ2n) is 7.99. The van der Waals surface area contributed by atoms with Crippen molar-refractivity contribution in [1.82, 2.24) is 0 Å². The lowest BCUT2D eigenvalue weighted by Crippen LogP contribution is -2.10. The van der Waals surface area contributed by atoms with Crippen LogP contribution in [0, 0.1) is 13.8 Å². The van der Waals surface area contributed by atoms with Gasteiger partial charge in [0.2, 0.25) is 11.2 Å². The molecule has 1 aromatic heterocycles. The highest BCUT2D eigenvalue weighted by molar-refractivity contribution is 5.92. The summed E-state index contributed by atoms with van der Waals surface area (Å²) in [6.45, 7) is 5.81. The van der Waals surface area contributed by atoms with Gasteiger partial charge in [-0.15, -0.1) is 0 Å². The van der Waals surface area contributed by atoms with Crippen LogP contribution in [0.25, 0.3) is 11.0 Å². The number of rotatable bonds is 7. The SMILES string of the molecule is CCCOC(=O)c1ccc(Oc2c(C)oc3cc(OC(=O)c4ccc(C)cc4)ccc3c2=O)cc1. The van der Waals surface area contributed by atoms with E-state index in [0.717, 1.165) is 12.0 Å². The van der Waals surface area contributed by atoms with Crippen molar-refractivity contribution in [3.63, 3.8) is 0 Å². The molecule has 7 heteroatoms. The Balaban J connectivity index is 1.54. The van der Waals surface area contributed by atoms with Gasteiger partial charge < -0.3 is 18.6 Å². The highest BCUT2D eigenvalue weighted by Crippen LogP contribution is 2.28. The number of ether oxygens (including phenoxy) is 3. The average Bonchev–Trinajstić information content (AvgIpc) is 2.85. The van der Waals surface area contributed by atoms with Crippen molar-refractivity contribution in [2.75, 3.05) is 6.61 Å². The molecule has 0 aliphatic carbocycles. The lowest BCUT2D eigenvalue weighted by molar-refractivity contribution is 0.0504. The van der Waals surface area contributed by atoms with E-state index in [2.05, 4.69) is 0 Å². The molecule has 0 aliphatic rings. The first-order chi connectivity index (χ1) is 16.9. The molecule has 0 amide bonds. The van der Waals surface area contributed by atoms with E-state index in [1.54, 1.807) is 43.3 Å². The van der Waals surface area contributed by atoms with E-state index in [1.807, 2.05) is 26.0 Å². The summed E-state index contributed by atoms with van der Waals surface area (Å²) in [5, 5.41) is 0.278.